The van der Waals surface area contributed by atoms with Crippen LogP contribution in [0.1, 0.15) is 37.0 Å². The van der Waals surface area contributed by atoms with Crippen molar-refractivity contribution in [1.29, 1.82) is 0 Å². The Balaban J connectivity index is 3.00. The third kappa shape index (κ3) is 3.00. The van der Waals surface area contributed by atoms with Crippen LogP contribution >= 0.6 is 15.9 Å². The number of hydrogen-bond donors (Lipinski definition) is 1. The summed E-state index contributed by atoms with van der Waals surface area (Å²) < 4.78 is 0.683. The topological polar surface area (TPSA) is 46.3 Å². The molecule has 4 heteroatoms. The van der Waals surface area contributed by atoms with Crippen LogP contribution in [0.4, 0.5) is 5.69 Å². The molecule has 0 unspecified atom stereocenters. The minimum Gasteiger partial charge on any atom is -0.398 e. The molecule has 0 spiro atoms. The smallest absolute Gasteiger partial charge is 0.255 e. The molecule has 0 fully saturated rings. The number of amides is 1. The molecule has 3 nitrogen and oxygen atoms in total. The van der Waals surface area contributed by atoms with Gasteiger partial charge >= 0.3 is 0 Å². The molecule has 0 bridgehead atoms. The molecule has 0 heterocycles. The average Bonchev–Trinajstić information content (AvgIpc) is 2.33. The van der Waals surface area contributed by atoms with Crippen molar-refractivity contribution < 1.29 is 4.79 Å². The number of nitrogens with two attached hydrogens (primary N) is 1. The number of benzene rings is 1. The fourth-order valence-corrected chi connectivity index (χ4v) is 2.34. The van der Waals surface area contributed by atoms with Gasteiger partial charge in [-0.2, -0.15) is 0 Å². The van der Waals surface area contributed by atoms with Crippen molar-refractivity contribution in [2.24, 2.45) is 0 Å². The highest BCUT2D eigenvalue weighted by molar-refractivity contribution is 9.10. The summed E-state index contributed by atoms with van der Waals surface area (Å²) in [6, 6.07) is 5.64. The summed E-state index contributed by atoms with van der Waals surface area (Å²) in [7, 11) is 1.84. The van der Waals surface area contributed by atoms with E-state index in [1.807, 2.05) is 7.05 Å². The van der Waals surface area contributed by atoms with Crippen molar-refractivity contribution in [3.63, 3.8) is 0 Å². The van der Waals surface area contributed by atoms with Crippen LogP contribution in [0.3, 0.4) is 0 Å². The van der Waals surface area contributed by atoms with E-state index in [4.69, 9.17) is 5.73 Å². The van der Waals surface area contributed by atoms with Gasteiger partial charge in [0.2, 0.25) is 0 Å². The number of anilines is 1. The standard InChI is InChI=1S/C13H19BrN2O/c1-4-9(5-2)16(3)13(17)10-7-6-8-11(15)12(10)14/h6-9H,4-5,15H2,1-3H3. The lowest BCUT2D eigenvalue weighted by molar-refractivity contribution is 0.0723. The number of nitrogens with zero attached hydrogens (tertiary/aromatic N) is 1. The minimum atomic E-state index is 0.0119. The molecule has 1 aromatic carbocycles. The predicted molar refractivity (Wildman–Crippen MR) is 75.0 cm³/mol. The quantitative estimate of drug-likeness (QED) is 0.867. The van der Waals surface area contributed by atoms with E-state index >= 15 is 0 Å². The number of carbonyl (C=O) groups excluding carboxylic acids is 1. The zero-order chi connectivity index (χ0) is 13.0. The van der Waals surface area contributed by atoms with Gasteiger partial charge in [0.1, 0.15) is 0 Å². The van der Waals surface area contributed by atoms with Crippen molar-refractivity contribution in [2.75, 3.05) is 12.8 Å². The molecule has 0 aromatic heterocycles. The molecule has 0 aliphatic rings. The van der Waals surface area contributed by atoms with Crippen molar-refractivity contribution in [3.8, 4) is 0 Å². The first-order chi connectivity index (χ1) is 8.02. The van der Waals surface area contributed by atoms with Crippen LogP contribution in [-0.4, -0.2) is 23.9 Å². The van der Waals surface area contributed by atoms with Gasteiger partial charge in [0.05, 0.1) is 10.0 Å². The minimum absolute atomic E-state index is 0.0119. The van der Waals surface area contributed by atoms with Gasteiger partial charge in [-0.15, -0.1) is 0 Å². The van der Waals surface area contributed by atoms with Crippen molar-refractivity contribution in [1.82, 2.24) is 4.90 Å². The van der Waals surface area contributed by atoms with E-state index in [1.165, 1.54) is 0 Å². The molecule has 0 atom stereocenters. The Labute approximate surface area is 111 Å². The largest absolute Gasteiger partial charge is 0.398 e. The molecule has 1 rings (SSSR count). The van der Waals surface area contributed by atoms with Crippen LogP contribution in [0.25, 0.3) is 0 Å². The first kappa shape index (κ1) is 14.0. The fraction of sp³-hybridized carbons (Fsp3) is 0.462. The van der Waals surface area contributed by atoms with Gasteiger partial charge in [-0.3, -0.25) is 4.79 Å². The molecule has 0 saturated heterocycles. The summed E-state index contributed by atoms with van der Waals surface area (Å²) in [6.07, 6.45) is 1.91. The highest BCUT2D eigenvalue weighted by atomic mass is 79.9. The summed E-state index contributed by atoms with van der Waals surface area (Å²) in [4.78, 5) is 14.1. The maximum absolute atomic E-state index is 12.3. The molecular weight excluding hydrogens is 280 g/mol. The highest BCUT2D eigenvalue weighted by Crippen LogP contribution is 2.25. The van der Waals surface area contributed by atoms with E-state index in [2.05, 4.69) is 29.8 Å². The molecule has 0 aliphatic carbocycles. The average molecular weight is 299 g/mol. The monoisotopic (exact) mass is 298 g/mol. The molecule has 0 saturated carbocycles. The summed E-state index contributed by atoms with van der Waals surface area (Å²) in [5.74, 6) is 0.0119. The normalized spacial score (nSPS) is 10.6. The Morgan fingerprint density at radius 1 is 1.41 bits per heavy atom. The van der Waals surface area contributed by atoms with Crippen LogP contribution in [0.2, 0.25) is 0 Å². The summed E-state index contributed by atoms with van der Waals surface area (Å²) >= 11 is 3.37. The number of carbonyl (C=O) groups is 1. The zero-order valence-electron chi connectivity index (χ0n) is 10.5. The summed E-state index contributed by atoms with van der Waals surface area (Å²) in [5, 5.41) is 0. The van der Waals surface area contributed by atoms with Gasteiger partial charge in [0, 0.05) is 18.8 Å². The Hall–Kier alpha value is -1.03. The Bertz CT molecular complexity index is 402. The molecule has 2 N–H and O–H groups in total. The molecule has 1 amide bonds. The number of nitrogen functional groups attached to an aromatic ring is 1. The van der Waals surface area contributed by atoms with Gasteiger partial charge in [-0.25, -0.2) is 0 Å². The molecule has 17 heavy (non-hydrogen) atoms. The molecule has 0 radical (unpaired) electrons. The van der Waals surface area contributed by atoms with Crippen molar-refractivity contribution >= 4 is 27.5 Å². The number of hydrogen-bond acceptors (Lipinski definition) is 2. The second kappa shape index (κ2) is 6.05. The van der Waals surface area contributed by atoms with Crippen LogP contribution in [0.15, 0.2) is 22.7 Å². The molecular formula is C13H19BrN2O. The summed E-state index contributed by atoms with van der Waals surface area (Å²) in [5.41, 5.74) is 7.00. The van der Waals surface area contributed by atoms with E-state index in [0.717, 1.165) is 12.8 Å². The summed E-state index contributed by atoms with van der Waals surface area (Å²) in [6.45, 7) is 4.18. The third-order valence-electron chi connectivity index (χ3n) is 3.07. The van der Waals surface area contributed by atoms with E-state index in [1.54, 1.807) is 23.1 Å². The fourth-order valence-electron chi connectivity index (χ4n) is 1.91. The lowest BCUT2D eigenvalue weighted by Crippen LogP contribution is -2.36. The molecule has 94 valence electrons. The molecule has 1 aromatic rings. The maximum Gasteiger partial charge on any atom is 0.255 e. The van der Waals surface area contributed by atoms with E-state index in [9.17, 15) is 4.79 Å². The zero-order valence-corrected chi connectivity index (χ0v) is 12.1. The lowest BCUT2D eigenvalue weighted by Gasteiger charge is -2.26. The van der Waals surface area contributed by atoms with E-state index in [-0.39, 0.29) is 11.9 Å². The third-order valence-corrected chi connectivity index (χ3v) is 3.95. The lowest BCUT2D eigenvalue weighted by atomic mass is 10.1. The van der Waals surface area contributed by atoms with E-state index in [0.29, 0.717) is 15.7 Å². The second-order valence-electron chi connectivity index (χ2n) is 4.10. The van der Waals surface area contributed by atoms with Crippen LogP contribution in [-0.2, 0) is 0 Å². The number of halogens is 1. The first-order valence-electron chi connectivity index (χ1n) is 5.84. The van der Waals surface area contributed by atoms with Gasteiger partial charge in [-0.1, -0.05) is 19.9 Å². The molecule has 0 aliphatic heterocycles. The van der Waals surface area contributed by atoms with Gasteiger partial charge in [0.25, 0.3) is 5.91 Å². The van der Waals surface area contributed by atoms with Gasteiger partial charge in [-0.05, 0) is 40.9 Å². The Kier molecular flexibility index (Phi) is 5.00. The second-order valence-corrected chi connectivity index (χ2v) is 4.89. The van der Waals surface area contributed by atoms with Crippen molar-refractivity contribution in [2.45, 2.75) is 32.7 Å². The number of rotatable bonds is 4. The van der Waals surface area contributed by atoms with Crippen LogP contribution in [0, 0.1) is 0 Å². The van der Waals surface area contributed by atoms with Gasteiger partial charge in [0.15, 0.2) is 0 Å². The Morgan fingerprint density at radius 2 is 2.00 bits per heavy atom. The van der Waals surface area contributed by atoms with Crippen LogP contribution < -0.4 is 5.73 Å². The first-order valence-corrected chi connectivity index (χ1v) is 6.63. The SMILES string of the molecule is CCC(CC)N(C)C(=O)c1cccc(N)c1Br. The Morgan fingerprint density at radius 3 is 2.53 bits per heavy atom. The maximum atomic E-state index is 12.3. The predicted octanol–water partition coefficient (Wildman–Crippen LogP) is 3.29. The van der Waals surface area contributed by atoms with Crippen molar-refractivity contribution in [3.05, 3.63) is 28.2 Å². The van der Waals surface area contributed by atoms with Crippen LogP contribution in [0.5, 0.6) is 0 Å². The highest BCUT2D eigenvalue weighted by Gasteiger charge is 2.20. The van der Waals surface area contributed by atoms with E-state index < -0.39 is 0 Å². The van der Waals surface area contributed by atoms with Gasteiger partial charge < -0.3 is 10.6 Å².